The van der Waals surface area contributed by atoms with E-state index in [4.69, 9.17) is 55.9 Å². The standard InChI is InChI=1S/C14H9Cl4NO4/c15-8-6-7(9(16)11(18)10(8)17)14(21)5-1-3-22-13(5)23-4-2-19(14)12(6)20/h1,3,5,13,21H,2,4H2. The van der Waals surface area contributed by atoms with E-state index in [-0.39, 0.29) is 44.4 Å². The van der Waals surface area contributed by atoms with Crippen LogP contribution < -0.4 is 0 Å². The van der Waals surface area contributed by atoms with Crippen molar-refractivity contribution in [3.63, 3.8) is 0 Å². The number of hydrogen-bond donors (Lipinski definition) is 1. The fourth-order valence-corrected chi connectivity index (χ4v) is 4.40. The van der Waals surface area contributed by atoms with Gasteiger partial charge in [-0.3, -0.25) is 4.79 Å². The van der Waals surface area contributed by atoms with Gasteiger partial charge in [0.2, 0.25) is 6.29 Å². The molecule has 1 amide bonds. The third kappa shape index (κ3) is 1.86. The first-order valence-electron chi connectivity index (χ1n) is 6.73. The minimum Gasteiger partial charge on any atom is -0.472 e. The van der Waals surface area contributed by atoms with E-state index in [1.165, 1.54) is 11.2 Å². The molecule has 1 N–H and O–H groups in total. The Morgan fingerprint density at radius 3 is 2.61 bits per heavy atom. The lowest BCUT2D eigenvalue weighted by Gasteiger charge is -2.37. The van der Waals surface area contributed by atoms with Gasteiger partial charge in [0.25, 0.3) is 5.91 Å². The fraction of sp³-hybridized carbons (Fsp3) is 0.357. The maximum atomic E-state index is 12.8. The molecule has 0 aliphatic carbocycles. The van der Waals surface area contributed by atoms with Crippen LogP contribution in [0.5, 0.6) is 0 Å². The summed E-state index contributed by atoms with van der Waals surface area (Å²) in [5.74, 6) is -1.14. The van der Waals surface area contributed by atoms with Gasteiger partial charge in [0.1, 0.15) is 0 Å². The van der Waals surface area contributed by atoms with Crippen LogP contribution in [0.15, 0.2) is 12.3 Å². The van der Waals surface area contributed by atoms with Gasteiger partial charge >= 0.3 is 0 Å². The molecule has 0 spiro atoms. The summed E-state index contributed by atoms with van der Waals surface area (Å²) in [7, 11) is 0. The summed E-state index contributed by atoms with van der Waals surface area (Å²) in [6.07, 6.45) is 2.32. The van der Waals surface area contributed by atoms with Crippen LogP contribution in [0.25, 0.3) is 0 Å². The van der Waals surface area contributed by atoms with Gasteiger partial charge in [0.15, 0.2) is 5.72 Å². The molecule has 0 aromatic heterocycles. The van der Waals surface area contributed by atoms with Gasteiger partial charge in [-0.15, -0.1) is 0 Å². The SMILES string of the molecule is O=C1c2c(Cl)c(Cl)c(Cl)c(Cl)c2C2(O)C3C=COC3OCCN12. The van der Waals surface area contributed by atoms with Crippen LogP contribution >= 0.6 is 46.4 Å². The Labute approximate surface area is 151 Å². The molecule has 3 atom stereocenters. The van der Waals surface area contributed by atoms with Gasteiger partial charge in [-0.05, 0) is 6.08 Å². The number of nitrogens with zero attached hydrogens (tertiary/aromatic N) is 1. The normalized spacial score (nSPS) is 31.5. The number of hydrogen-bond acceptors (Lipinski definition) is 4. The number of ether oxygens (including phenoxy) is 2. The summed E-state index contributed by atoms with van der Waals surface area (Å²) < 4.78 is 10.9. The summed E-state index contributed by atoms with van der Waals surface area (Å²) in [6, 6.07) is 0. The van der Waals surface area contributed by atoms with Crippen molar-refractivity contribution in [2.24, 2.45) is 5.92 Å². The average molecular weight is 397 g/mol. The first-order valence-corrected chi connectivity index (χ1v) is 8.24. The number of carbonyl (C=O) groups excluding carboxylic acids is 1. The molecule has 0 saturated carbocycles. The monoisotopic (exact) mass is 395 g/mol. The van der Waals surface area contributed by atoms with Crippen LogP contribution in [0.1, 0.15) is 15.9 Å². The van der Waals surface area contributed by atoms with Crippen LogP contribution in [0, 0.1) is 5.92 Å². The Balaban J connectivity index is 2.05. The fourth-order valence-electron chi connectivity index (χ4n) is 3.33. The van der Waals surface area contributed by atoms with E-state index in [2.05, 4.69) is 0 Å². The van der Waals surface area contributed by atoms with Crippen LogP contribution in [-0.2, 0) is 15.2 Å². The number of amides is 1. The highest BCUT2D eigenvalue weighted by molar-refractivity contribution is 6.53. The smallest absolute Gasteiger partial charge is 0.258 e. The van der Waals surface area contributed by atoms with E-state index in [0.717, 1.165) is 0 Å². The lowest BCUT2D eigenvalue weighted by Crippen LogP contribution is -2.50. The van der Waals surface area contributed by atoms with Crippen molar-refractivity contribution >= 4 is 52.3 Å². The number of benzene rings is 1. The zero-order chi connectivity index (χ0) is 16.5. The minimum absolute atomic E-state index is 0.00429. The predicted molar refractivity (Wildman–Crippen MR) is 84.9 cm³/mol. The molecule has 5 nitrogen and oxygen atoms in total. The second kappa shape index (κ2) is 5.15. The topological polar surface area (TPSA) is 59.0 Å². The summed E-state index contributed by atoms with van der Waals surface area (Å²) in [5.41, 5.74) is -1.57. The first-order chi connectivity index (χ1) is 10.9. The molecular weight excluding hydrogens is 388 g/mol. The molecule has 3 heterocycles. The second-order valence-electron chi connectivity index (χ2n) is 5.42. The van der Waals surface area contributed by atoms with Crippen molar-refractivity contribution in [1.29, 1.82) is 0 Å². The number of carbonyl (C=O) groups is 1. The number of halogens is 4. The Morgan fingerprint density at radius 2 is 1.87 bits per heavy atom. The Morgan fingerprint density at radius 1 is 1.17 bits per heavy atom. The van der Waals surface area contributed by atoms with E-state index in [0.29, 0.717) is 0 Å². The van der Waals surface area contributed by atoms with Crippen molar-refractivity contribution in [3.8, 4) is 0 Å². The van der Waals surface area contributed by atoms with Gasteiger partial charge in [-0.2, -0.15) is 0 Å². The molecule has 0 bridgehead atoms. The van der Waals surface area contributed by atoms with Crippen molar-refractivity contribution in [3.05, 3.63) is 43.6 Å². The van der Waals surface area contributed by atoms with Crippen LogP contribution in [0.3, 0.4) is 0 Å². The highest BCUT2D eigenvalue weighted by Gasteiger charge is 2.60. The summed E-state index contributed by atoms with van der Waals surface area (Å²) >= 11 is 24.7. The zero-order valence-corrected chi connectivity index (χ0v) is 14.4. The Kier molecular flexibility index (Phi) is 3.54. The van der Waals surface area contributed by atoms with E-state index in [1.54, 1.807) is 6.08 Å². The van der Waals surface area contributed by atoms with Crippen molar-refractivity contribution in [2.75, 3.05) is 13.2 Å². The molecule has 3 aliphatic rings. The second-order valence-corrected chi connectivity index (χ2v) is 6.93. The Bertz CT molecular complexity index is 768. The molecule has 3 aliphatic heterocycles. The third-order valence-corrected chi connectivity index (χ3v) is 6.16. The van der Waals surface area contributed by atoms with Crippen LogP contribution in [0.2, 0.25) is 20.1 Å². The molecule has 1 saturated heterocycles. The number of aliphatic hydroxyl groups is 1. The van der Waals surface area contributed by atoms with E-state index < -0.39 is 23.8 Å². The zero-order valence-electron chi connectivity index (χ0n) is 11.4. The van der Waals surface area contributed by atoms with Gasteiger partial charge in [0, 0.05) is 12.1 Å². The minimum atomic E-state index is -1.77. The van der Waals surface area contributed by atoms with Gasteiger partial charge in [0.05, 0.1) is 44.4 Å². The Hall–Kier alpha value is -0.690. The molecule has 122 valence electrons. The van der Waals surface area contributed by atoms with Gasteiger partial charge in [-0.25, -0.2) is 0 Å². The quantitative estimate of drug-likeness (QED) is 0.539. The predicted octanol–water partition coefficient (Wildman–Crippen LogP) is 3.42. The van der Waals surface area contributed by atoms with Crippen LogP contribution in [-0.4, -0.2) is 35.4 Å². The lowest BCUT2D eigenvalue weighted by atomic mass is 9.88. The maximum Gasteiger partial charge on any atom is 0.258 e. The molecule has 3 unspecified atom stereocenters. The largest absolute Gasteiger partial charge is 0.472 e. The molecule has 0 radical (unpaired) electrons. The molecule has 4 rings (SSSR count). The van der Waals surface area contributed by atoms with E-state index in [9.17, 15) is 9.90 Å². The molecule has 9 heteroatoms. The summed E-state index contributed by atoms with van der Waals surface area (Å²) in [5, 5.41) is 11.4. The maximum absolute atomic E-state index is 12.8. The highest BCUT2D eigenvalue weighted by Crippen LogP contribution is 2.55. The third-order valence-electron chi connectivity index (χ3n) is 4.36. The highest BCUT2D eigenvalue weighted by atomic mass is 35.5. The molecule has 1 aromatic carbocycles. The molecule has 1 aromatic rings. The first kappa shape index (κ1) is 15.8. The lowest BCUT2D eigenvalue weighted by molar-refractivity contribution is -0.168. The van der Waals surface area contributed by atoms with Gasteiger partial charge < -0.3 is 19.5 Å². The van der Waals surface area contributed by atoms with E-state index >= 15 is 0 Å². The molecular formula is C14H9Cl4NO4. The van der Waals surface area contributed by atoms with Crippen molar-refractivity contribution < 1.29 is 19.4 Å². The summed E-state index contributed by atoms with van der Waals surface area (Å²) in [4.78, 5) is 14.1. The number of rotatable bonds is 0. The number of fused-ring (bicyclic) bond motifs is 5. The summed E-state index contributed by atoms with van der Waals surface area (Å²) in [6.45, 7) is 0.345. The average Bonchev–Trinajstić information content (AvgIpc) is 3.04. The molecule has 23 heavy (non-hydrogen) atoms. The van der Waals surface area contributed by atoms with Gasteiger partial charge in [-0.1, -0.05) is 46.4 Å². The van der Waals surface area contributed by atoms with E-state index in [1.807, 2.05) is 0 Å². The van der Waals surface area contributed by atoms with Crippen molar-refractivity contribution in [2.45, 2.75) is 12.0 Å². The van der Waals surface area contributed by atoms with Crippen LogP contribution in [0.4, 0.5) is 0 Å². The van der Waals surface area contributed by atoms with Crippen molar-refractivity contribution in [1.82, 2.24) is 4.90 Å². The molecule has 1 fully saturated rings.